The lowest BCUT2D eigenvalue weighted by molar-refractivity contribution is 0.610. The number of imidazole rings is 1. The third-order valence-electron chi connectivity index (χ3n) is 3.43. The molecule has 0 unspecified atom stereocenters. The number of rotatable bonds is 5. The number of halogens is 1. The zero-order valence-electron chi connectivity index (χ0n) is 11.1. The number of anilines is 1. The number of benzene rings is 1. The zero-order valence-corrected chi connectivity index (χ0v) is 11.1. The Bertz CT molecular complexity index is 573. The summed E-state index contributed by atoms with van der Waals surface area (Å²) in [6, 6.07) is 7.53. The zero-order chi connectivity index (χ0) is 13.2. The fraction of sp³-hybridized carbons (Fsp3) is 0.400. The van der Waals surface area contributed by atoms with Gasteiger partial charge in [0.2, 0.25) is 5.95 Å². The van der Waals surface area contributed by atoms with E-state index < -0.39 is 0 Å². The molecule has 3 nitrogen and oxygen atoms in total. The van der Waals surface area contributed by atoms with Crippen LogP contribution in [0.3, 0.4) is 0 Å². The molecular weight excluding hydrogens is 241 g/mol. The van der Waals surface area contributed by atoms with Crippen LogP contribution in [0.1, 0.15) is 30.1 Å². The van der Waals surface area contributed by atoms with E-state index in [0.29, 0.717) is 19.0 Å². The first-order valence-corrected chi connectivity index (χ1v) is 6.77. The molecule has 1 saturated carbocycles. The second-order valence-corrected chi connectivity index (χ2v) is 5.11. The van der Waals surface area contributed by atoms with Gasteiger partial charge in [-0.25, -0.2) is 9.37 Å². The predicted octanol–water partition coefficient (Wildman–Crippen LogP) is 3.32. The molecule has 1 aromatic heterocycles. The quantitative estimate of drug-likeness (QED) is 0.892. The Morgan fingerprint density at radius 2 is 2.16 bits per heavy atom. The van der Waals surface area contributed by atoms with Crippen molar-refractivity contribution in [3.8, 4) is 0 Å². The Hall–Kier alpha value is -1.84. The molecule has 4 heteroatoms. The predicted molar refractivity (Wildman–Crippen MR) is 73.8 cm³/mol. The van der Waals surface area contributed by atoms with Crippen LogP contribution in [0.2, 0.25) is 0 Å². The van der Waals surface area contributed by atoms with Crippen molar-refractivity contribution < 1.29 is 4.39 Å². The monoisotopic (exact) mass is 259 g/mol. The number of hydrogen-bond acceptors (Lipinski definition) is 2. The molecule has 1 N–H and O–H groups in total. The molecule has 1 heterocycles. The molecule has 0 spiro atoms. The van der Waals surface area contributed by atoms with Gasteiger partial charge in [-0.1, -0.05) is 18.2 Å². The highest BCUT2D eigenvalue weighted by Crippen LogP contribution is 2.37. The normalized spacial score (nSPS) is 14.6. The lowest BCUT2D eigenvalue weighted by Crippen LogP contribution is -2.10. The van der Waals surface area contributed by atoms with E-state index in [2.05, 4.69) is 21.1 Å². The van der Waals surface area contributed by atoms with Crippen LogP contribution in [0.15, 0.2) is 30.5 Å². The minimum absolute atomic E-state index is 0.133. The second-order valence-electron chi connectivity index (χ2n) is 5.11. The summed E-state index contributed by atoms with van der Waals surface area (Å²) in [5, 5.41) is 3.32. The van der Waals surface area contributed by atoms with Gasteiger partial charge in [0, 0.05) is 18.8 Å². The SMILES string of the molecule is Cc1cn(C2CC2)c(NCCc2ccccc2F)n1. The molecule has 0 bridgehead atoms. The smallest absolute Gasteiger partial charge is 0.203 e. The maximum Gasteiger partial charge on any atom is 0.203 e. The summed E-state index contributed by atoms with van der Waals surface area (Å²) in [5.74, 6) is 0.780. The molecule has 0 atom stereocenters. The fourth-order valence-corrected chi connectivity index (χ4v) is 2.29. The highest BCUT2D eigenvalue weighted by Gasteiger charge is 2.26. The van der Waals surface area contributed by atoms with Crippen molar-refractivity contribution in [2.45, 2.75) is 32.2 Å². The van der Waals surface area contributed by atoms with Gasteiger partial charge in [-0.2, -0.15) is 0 Å². The largest absolute Gasteiger partial charge is 0.355 e. The fourth-order valence-electron chi connectivity index (χ4n) is 2.29. The van der Waals surface area contributed by atoms with Gasteiger partial charge in [0.25, 0.3) is 0 Å². The summed E-state index contributed by atoms with van der Waals surface area (Å²) in [4.78, 5) is 4.48. The van der Waals surface area contributed by atoms with Gasteiger partial charge in [0.05, 0.1) is 5.69 Å². The average molecular weight is 259 g/mol. The van der Waals surface area contributed by atoms with Crippen molar-refractivity contribution in [1.29, 1.82) is 0 Å². The molecule has 3 rings (SSSR count). The number of hydrogen-bond donors (Lipinski definition) is 1. The molecule has 0 saturated heterocycles. The van der Waals surface area contributed by atoms with E-state index in [4.69, 9.17) is 0 Å². The van der Waals surface area contributed by atoms with E-state index in [1.807, 2.05) is 19.1 Å². The van der Waals surface area contributed by atoms with Crippen LogP contribution in [-0.2, 0) is 6.42 Å². The van der Waals surface area contributed by atoms with Gasteiger partial charge < -0.3 is 9.88 Å². The molecule has 100 valence electrons. The van der Waals surface area contributed by atoms with Gasteiger partial charge in [-0.3, -0.25) is 0 Å². The van der Waals surface area contributed by atoms with E-state index in [0.717, 1.165) is 17.2 Å². The second kappa shape index (κ2) is 5.03. The first kappa shape index (κ1) is 12.2. The van der Waals surface area contributed by atoms with Crippen LogP contribution in [0.25, 0.3) is 0 Å². The molecule has 19 heavy (non-hydrogen) atoms. The van der Waals surface area contributed by atoms with E-state index in [1.54, 1.807) is 6.07 Å². The Labute approximate surface area is 112 Å². The van der Waals surface area contributed by atoms with E-state index in [1.165, 1.54) is 18.9 Å². The van der Waals surface area contributed by atoms with Crippen molar-refractivity contribution >= 4 is 5.95 Å². The maximum atomic E-state index is 13.5. The van der Waals surface area contributed by atoms with Crippen molar-refractivity contribution in [3.05, 3.63) is 47.5 Å². The van der Waals surface area contributed by atoms with Crippen molar-refractivity contribution in [3.63, 3.8) is 0 Å². The molecule has 1 fully saturated rings. The van der Waals surface area contributed by atoms with Crippen molar-refractivity contribution in [2.75, 3.05) is 11.9 Å². The third kappa shape index (κ3) is 2.78. The van der Waals surface area contributed by atoms with Gasteiger partial charge in [-0.05, 0) is 37.8 Å². The molecule has 1 aromatic carbocycles. The average Bonchev–Trinajstić information content (AvgIpc) is 3.16. The van der Waals surface area contributed by atoms with Crippen LogP contribution < -0.4 is 5.32 Å². The first-order chi connectivity index (χ1) is 9.24. The first-order valence-electron chi connectivity index (χ1n) is 6.77. The van der Waals surface area contributed by atoms with Gasteiger partial charge in [-0.15, -0.1) is 0 Å². The summed E-state index contributed by atoms with van der Waals surface area (Å²) >= 11 is 0. The maximum absolute atomic E-state index is 13.5. The number of nitrogens with one attached hydrogen (secondary N) is 1. The van der Waals surface area contributed by atoms with Crippen molar-refractivity contribution in [2.24, 2.45) is 0 Å². The number of nitrogens with zero attached hydrogens (tertiary/aromatic N) is 2. The van der Waals surface area contributed by atoms with Gasteiger partial charge in [0.1, 0.15) is 5.82 Å². The van der Waals surface area contributed by atoms with Gasteiger partial charge in [0.15, 0.2) is 0 Å². The summed E-state index contributed by atoms with van der Waals surface area (Å²) < 4.78 is 15.7. The minimum Gasteiger partial charge on any atom is -0.355 e. The summed E-state index contributed by atoms with van der Waals surface area (Å²) in [6.45, 7) is 2.70. The van der Waals surface area contributed by atoms with E-state index in [9.17, 15) is 4.39 Å². The summed E-state index contributed by atoms with van der Waals surface area (Å²) in [5.41, 5.74) is 1.77. The molecule has 1 aliphatic carbocycles. The number of aryl methyl sites for hydroxylation is 1. The molecule has 2 aromatic rings. The Kier molecular flexibility index (Phi) is 3.23. The van der Waals surface area contributed by atoms with E-state index >= 15 is 0 Å². The van der Waals surface area contributed by atoms with Crippen LogP contribution in [-0.4, -0.2) is 16.1 Å². The standard InChI is InChI=1S/C15H18FN3/c1-11-10-19(13-6-7-13)15(18-11)17-9-8-12-4-2-3-5-14(12)16/h2-5,10,13H,6-9H2,1H3,(H,17,18). The van der Waals surface area contributed by atoms with Crippen LogP contribution in [0.4, 0.5) is 10.3 Å². The molecular formula is C15H18FN3. The van der Waals surface area contributed by atoms with Gasteiger partial charge >= 0.3 is 0 Å². The van der Waals surface area contributed by atoms with Crippen LogP contribution in [0.5, 0.6) is 0 Å². The van der Waals surface area contributed by atoms with Crippen LogP contribution in [0, 0.1) is 12.7 Å². The Morgan fingerprint density at radius 3 is 2.89 bits per heavy atom. The molecule has 0 amide bonds. The lowest BCUT2D eigenvalue weighted by atomic mass is 10.1. The third-order valence-corrected chi connectivity index (χ3v) is 3.43. The summed E-state index contributed by atoms with van der Waals surface area (Å²) in [7, 11) is 0. The lowest BCUT2D eigenvalue weighted by Gasteiger charge is -2.09. The topological polar surface area (TPSA) is 29.9 Å². The highest BCUT2D eigenvalue weighted by atomic mass is 19.1. The molecule has 0 aliphatic heterocycles. The highest BCUT2D eigenvalue weighted by molar-refractivity contribution is 5.31. The summed E-state index contributed by atoms with van der Waals surface area (Å²) in [6.07, 6.45) is 5.22. The Morgan fingerprint density at radius 1 is 1.37 bits per heavy atom. The molecule has 0 radical (unpaired) electrons. The number of aromatic nitrogens is 2. The minimum atomic E-state index is -0.133. The van der Waals surface area contributed by atoms with Crippen LogP contribution >= 0.6 is 0 Å². The molecule has 1 aliphatic rings. The van der Waals surface area contributed by atoms with Crippen molar-refractivity contribution in [1.82, 2.24) is 9.55 Å². The Balaban J connectivity index is 1.62. The van der Waals surface area contributed by atoms with E-state index in [-0.39, 0.29) is 5.82 Å².